The SMILES string of the molecule is Cc1cc(C)cc(S(=O)(=O)N2CCCC(CN)C2)c1. The summed E-state index contributed by atoms with van der Waals surface area (Å²) in [6, 6.07) is 5.47. The zero-order valence-corrected chi connectivity index (χ0v) is 12.4. The van der Waals surface area contributed by atoms with Gasteiger partial charge < -0.3 is 5.73 Å². The highest BCUT2D eigenvalue weighted by atomic mass is 32.2. The molecule has 1 aliphatic heterocycles. The maximum atomic E-state index is 12.6. The smallest absolute Gasteiger partial charge is 0.243 e. The Labute approximate surface area is 115 Å². The van der Waals surface area contributed by atoms with Crippen molar-refractivity contribution in [3.8, 4) is 0 Å². The number of nitrogens with zero attached hydrogens (tertiary/aromatic N) is 1. The monoisotopic (exact) mass is 282 g/mol. The maximum absolute atomic E-state index is 12.6. The van der Waals surface area contributed by atoms with Gasteiger partial charge in [0.1, 0.15) is 0 Å². The van der Waals surface area contributed by atoms with Crippen LogP contribution in [0.15, 0.2) is 23.1 Å². The summed E-state index contributed by atoms with van der Waals surface area (Å²) in [7, 11) is -3.37. The van der Waals surface area contributed by atoms with Crippen LogP contribution in [0.1, 0.15) is 24.0 Å². The van der Waals surface area contributed by atoms with Gasteiger partial charge in [-0.2, -0.15) is 4.31 Å². The van der Waals surface area contributed by atoms with Crippen LogP contribution >= 0.6 is 0 Å². The molecule has 0 aromatic heterocycles. The second-order valence-electron chi connectivity index (χ2n) is 5.43. The van der Waals surface area contributed by atoms with Crippen LogP contribution in [0.25, 0.3) is 0 Å². The van der Waals surface area contributed by atoms with Crippen molar-refractivity contribution in [1.82, 2.24) is 4.31 Å². The van der Waals surface area contributed by atoms with Gasteiger partial charge in [0.05, 0.1) is 4.90 Å². The summed E-state index contributed by atoms with van der Waals surface area (Å²) in [6.07, 6.45) is 1.92. The third kappa shape index (κ3) is 3.16. The van der Waals surface area contributed by atoms with E-state index in [1.165, 1.54) is 0 Å². The Morgan fingerprint density at radius 3 is 2.47 bits per heavy atom. The highest BCUT2D eigenvalue weighted by Gasteiger charge is 2.29. The molecule has 0 aliphatic carbocycles. The molecule has 0 amide bonds. The van der Waals surface area contributed by atoms with Crippen molar-refractivity contribution >= 4 is 10.0 Å². The van der Waals surface area contributed by atoms with E-state index in [9.17, 15) is 8.42 Å². The van der Waals surface area contributed by atoms with Gasteiger partial charge in [0.25, 0.3) is 0 Å². The van der Waals surface area contributed by atoms with Gasteiger partial charge in [-0.15, -0.1) is 0 Å². The standard InChI is InChI=1S/C14H22N2O2S/c1-11-6-12(2)8-14(7-11)19(17,18)16-5-3-4-13(9-15)10-16/h6-8,13H,3-5,9-10,15H2,1-2H3. The summed E-state index contributed by atoms with van der Waals surface area (Å²) in [6.45, 7) is 5.55. The van der Waals surface area contributed by atoms with E-state index in [2.05, 4.69) is 0 Å². The van der Waals surface area contributed by atoms with Crippen LogP contribution in [-0.4, -0.2) is 32.4 Å². The molecule has 1 saturated heterocycles. The molecule has 0 radical (unpaired) electrons. The molecule has 4 nitrogen and oxygen atoms in total. The van der Waals surface area contributed by atoms with Crippen LogP contribution in [-0.2, 0) is 10.0 Å². The number of nitrogens with two attached hydrogens (primary N) is 1. The van der Waals surface area contributed by atoms with E-state index in [4.69, 9.17) is 5.73 Å². The molecule has 1 aromatic rings. The third-order valence-corrected chi connectivity index (χ3v) is 5.49. The molecule has 0 spiro atoms. The second kappa shape index (κ2) is 5.61. The lowest BCUT2D eigenvalue weighted by molar-refractivity contribution is 0.271. The van der Waals surface area contributed by atoms with Gasteiger partial charge in [-0.25, -0.2) is 8.42 Å². The Morgan fingerprint density at radius 1 is 1.26 bits per heavy atom. The molecule has 0 bridgehead atoms. The normalized spacial score (nSPS) is 21.5. The fourth-order valence-electron chi connectivity index (χ4n) is 2.67. The largest absolute Gasteiger partial charge is 0.330 e. The summed E-state index contributed by atoms with van der Waals surface area (Å²) in [5, 5.41) is 0. The molecule has 1 atom stereocenters. The third-order valence-electron chi connectivity index (χ3n) is 3.65. The lowest BCUT2D eigenvalue weighted by Crippen LogP contribution is -2.42. The summed E-state index contributed by atoms with van der Waals surface area (Å²) < 4.78 is 26.9. The van der Waals surface area contributed by atoms with Gasteiger partial charge in [0.15, 0.2) is 0 Å². The first-order chi connectivity index (χ1) is 8.93. The lowest BCUT2D eigenvalue weighted by Gasteiger charge is -2.31. The summed E-state index contributed by atoms with van der Waals surface area (Å²) in [4.78, 5) is 0.405. The van der Waals surface area contributed by atoms with Crippen LogP contribution in [0, 0.1) is 19.8 Å². The second-order valence-corrected chi connectivity index (χ2v) is 7.37. The van der Waals surface area contributed by atoms with Crippen molar-refractivity contribution in [3.05, 3.63) is 29.3 Å². The van der Waals surface area contributed by atoms with Crippen molar-refractivity contribution in [2.75, 3.05) is 19.6 Å². The van der Waals surface area contributed by atoms with E-state index in [1.807, 2.05) is 19.9 Å². The van der Waals surface area contributed by atoms with Gasteiger partial charge in [-0.3, -0.25) is 0 Å². The Hall–Kier alpha value is -0.910. The van der Waals surface area contributed by atoms with Crippen molar-refractivity contribution in [2.24, 2.45) is 11.7 Å². The van der Waals surface area contributed by atoms with Crippen LogP contribution in [0.3, 0.4) is 0 Å². The molecule has 1 fully saturated rings. The molecule has 1 aliphatic rings. The van der Waals surface area contributed by atoms with Crippen molar-refractivity contribution in [2.45, 2.75) is 31.6 Å². The van der Waals surface area contributed by atoms with E-state index < -0.39 is 10.0 Å². The van der Waals surface area contributed by atoms with Crippen LogP contribution in [0.2, 0.25) is 0 Å². The minimum atomic E-state index is -3.37. The molecule has 106 valence electrons. The molecule has 1 aromatic carbocycles. The molecular weight excluding hydrogens is 260 g/mol. The Morgan fingerprint density at radius 2 is 1.89 bits per heavy atom. The number of sulfonamides is 1. The Kier molecular flexibility index (Phi) is 4.28. The zero-order chi connectivity index (χ0) is 14.0. The van der Waals surface area contributed by atoms with Gasteiger partial charge in [-0.1, -0.05) is 6.07 Å². The zero-order valence-electron chi connectivity index (χ0n) is 11.6. The van der Waals surface area contributed by atoms with Crippen molar-refractivity contribution in [3.63, 3.8) is 0 Å². The molecule has 1 unspecified atom stereocenters. The highest BCUT2D eigenvalue weighted by molar-refractivity contribution is 7.89. The van der Waals surface area contributed by atoms with E-state index in [0.29, 0.717) is 24.5 Å². The van der Waals surface area contributed by atoms with E-state index in [-0.39, 0.29) is 5.92 Å². The average molecular weight is 282 g/mol. The first-order valence-electron chi connectivity index (χ1n) is 6.72. The number of aryl methyl sites for hydroxylation is 2. The number of rotatable bonds is 3. The predicted octanol–water partition coefficient (Wildman–Crippen LogP) is 1.66. The van der Waals surface area contributed by atoms with Crippen LogP contribution in [0.5, 0.6) is 0 Å². The summed E-state index contributed by atoms with van der Waals surface area (Å²) in [5.41, 5.74) is 7.63. The molecule has 19 heavy (non-hydrogen) atoms. The van der Waals surface area contributed by atoms with Crippen LogP contribution < -0.4 is 5.73 Å². The van der Waals surface area contributed by atoms with Gasteiger partial charge >= 0.3 is 0 Å². The van der Waals surface area contributed by atoms with Crippen molar-refractivity contribution in [1.29, 1.82) is 0 Å². The predicted molar refractivity (Wildman–Crippen MR) is 76.5 cm³/mol. The minimum absolute atomic E-state index is 0.287. The molecule has 2 rings (SSSR count). The topological polar surface area (TPSA) is 63.4 Å². The Balaban J connectivity index is 2.31. The van der Waals surface area contributed by atoms with E-state index in [1.54, 1.807) is 16.4 Å². The molecule has 5 heteroatoms. The lowest BCUT2D eigenvalue weighted by atomic mass is 10.0. The molecular formula is C14H22N2O2S. The summed E-state index contributed by atoms with van der Waals surface area (Å²) in [5.74, 6) is 0.287. The van der Waals surface area contributed by atoms with E-state index in [0.717, 1.165) is 24.0 Å². The first-order valence-corrected chi connectivity index (χ1v) is 8.16. The number of hydrogen-bond donors (Lipinski definition) is 1. The number of benzene rings is 1. The Bertz CT molecular complexity index is 534. The van der Waals surface area contributed by atoms with E-state index >= 15 is 0 Å². The fraction of sp³-hybridized carbons (Fsp3) is 0.571. The molecule has 0 saturated carbocycles. The van der Waals surface area contributed by atoms with Crippen molar-refractivity contribution < 1.29 is 8.42 Å². The summed E-state index contributed by atoms with van der Waals surface area (Å²) >= 11 is 0. The molecule has 2 N–H and O–H groups in total. The quantitative estimate of drug-likeness (QED) is 0.917. The van der Waals surface area contributed by atoms with Gasteiger partial charge in [-0.05, 0) is 62.4 Å². The van der Waals surface area contributed by atoms with Gasteiger partial charge in [0, 0.05) is 13.1 Å². The minimum Gasteiger partial charge on any atom is -0.330 e. The van der Waals surface area contributed by atoms with Gasteiger partial charge in [0.2, 0.25) is 10.0 Å². The maximum Gasteiger partial charge on any atom is 0.243 e. The first kappa shape index (κ1) is 14.5. The number of piperidine rings is 1. The highest BCUT2D eigenvalue weighted by Crippen LogP contribution is 2.24. The molecule has 1 heterocycles. The number of hydrogen-bond acceptors (Lipinski definition) is 3. The van der Waals surface area contributed by atoms with Crippen LogP contribution in [0.4, 0.5) is 0 Å². The average Bonchev–Trinajstić information content (AvgIpc) is 2.37. The fourth-order valence-corrected chi connectivity index (χ4v) is 4.41.